The van der Waals surface area contributed by atoms with Crippen LogP contribution in [0.25, 0.3) is 10.8 Å². The number of hydrogen-bond donors (Lipinski definition) is 1. The van der Waals surface area contributed by atoms with Crippen LogP contribution in [0.2, 0.25) is 0 Å². The SMILES string of the molecule is CC(C)C(=O)NCc1ccc2ccccc2c1. The molecule has 2 aromatic carbocycles. The number of rotatable bonds is 3. The van der Waals surface area contributed by atoms with Gasteiger partial charge in [-0.2, -0.15) is 0 Å². The van der Waals surface area contributed by atoms with E-state index in [1.165, 1.54) is 10.8 Å². The Kier molecular flexibility index (Phi) is 3.43. The first-order valence-electron chi connectivity index (χ1n) is 5.92. The predicted octanol–water partition coefficient (Wildman–Crippen LogP) is 3.11. The summed E-state index contributed by atoms with van der Waals surface area (Å²) in [5, 5.41) is 5.36. The molecular weight excluding hydrogens is 210 g/mol. The molecule has 2 rings (SSSR count). The Morgan fingerprint density at radius 3 is 2.53 bits per heavy atom. The number of hydrogen-bond acceptors (Lipinski definition) is 1. The zero-order valence-corrected chi connectivity index (χ0v) is 10.2. The number of carbonyl (C=O) groups excluding carboxylic acids is 1. The van der Waals surface area contributed by atoms with Gasteiger partial charge in [0.05, 0.1) is 0 Å². The summed E-state index contributed by atoms with van der Waals surface area (Å²) < 4.78 is 0. The quantitative estimate of drug-likeness (QED) is 0.857. The summed E-state index contributed by atoms with van der Waals surface area (Å²) in [5.41, 5.74) is 1.14. The topological polar surface area (TPSA) is 29.1 Å². The lowest BCUT2D eigenvalue weighted by atomic mass is 10.1. The minimum Gasteiger partial charge on any atom is -0.352 e. The fourth-order valence-corrected chi connectivity index (χ4v) is 1.74. The average molecular weight is 227 g/mol. The zero-order chi connectivity index (χ0) is 12.3. The average Bonchev–Trinajstić information content (AvgIpc) is 2.35. The van der Waals surface area contributed by atoms with Crippen LogP contribution >= 0.6 is 0 Å². The molecule has 1 N–H and O–H groups in total. The van der Waals surface area contributed by atoms with Crippen LogP contribution in [0, 0.1) is 5.92 Å². The van der Waals surface area contributed by atoms with Gasteiger partial charge >= 0.3 is 0 Å². The van der Waals surface area contributed by atoms with E-state index in [0.717, 1.165) is 5.56 Å². The number of carbonyl (C=O) groups is 1. The summed E-state index contributed by atoms with van der Waals surface area (Å²) in [7, 11) is 0. The van der Waals surface area contributed by atoms with Crippen molar-refractivity contribution in [3.8, 4) is 0 Å². The van der Waals surface area contributed by atoms with Crippen molar-refractivity contribution in [2.24, 2.45) is 5.92 Å². The molecule has 17 heavy (non-hydrogen) atoms. The summed E-state index contributed by atoms with van der Waals surface area (Å²) in [4.78, 5) is 11.5. The molecule has 0 aliphatic carbocycles. The van der Waals surface area contributed by atoms with Gasteiger partial charge in [0, 0.05) is 12.5 Å². The zero-order valence-electron chi connectivity index (χ0n) is 10.2. The van der Waals surface area contributed by atoms with Crippen molar-refractivity contribution < 1.29 is 4.79 Å². The fourth-order valence-electron chi connectivity index (χ4n) is 1.74. The van der Waals surface area contributed by atoms with E-state index in [9.17, 15) is 4.79 Å². The van der Waals surface area contributed by atoms with Gasteiger partial charge in [0.15, 0.2) is 0 Å². The molecule has 2 nitrogen and oxygen atoms in total. The first-order valence-corrected chi connectivity index (χ1v) is 5.92. The van der Waals surface area contributed by atoms with E-state index in [0.29, 0.717) is 6.54 Å². The number of amides is 1. The van der Waals surface area contributed by atoms with E-state index >= 15 is 0 Å². The van der Waals surface area contributed by atoms with Gasteiger partial charge in [0.1, 0.15) is 0 Å². The molecule has 0 radical (unpaired) electrons. The molecular formula is C15H17NO. The Morgan fingerprint density at radius 1 is 1.12 bits per heavy atom. The molecule has 88 valence electrons. The largest absolute Gasteiger partial charge is 0.352 e. The van der Waals surface area contributed by atoms with E-state index in [1.807, 2.05) is 26.0 Å². The molecule has 0 saturated carbocycles. The van der Waals surface area contributed by atoms with Crippen LogP contribution in [0.5, 0.6) is 0 Å². The lowest BCUT2D eigenvalue weighted by molar-refractivity contribution is -0.124. The third-order valence-electron chi connectivity index (χ3n) is 2.80. The molecule has 2 heteroatoms. The summed E-state index contributed by atoms with van der Waals surface area (Å²) >= 11 is 0. The van der Waals surface area contributed by atoms with E-state index in [-0.39, 0.29) is 11.8 Å². The molecule has 0 heterocycles. The summed E-state index contributed by atoms with van der Waals surface area (Å²) in [5.74, 6) is 0.133. The molecule has 0 aliphatic rings. The van der Waals surface area contributed by atoms with Crippen LogP contribution in [0.4, 0.5) is 0 Å². The monoisotopic (exact) mass is 227 g/mol. The molecule has 0 unspecified atom stereocenters. The maximum Gasteiger partial charge on any atom is 0.222 e. The number of benzene rings is 2. The second-order valence-electron chi connectivity index (χ2n) is 4.55. The van der Waals surface area contributed by atoms with E-state index in [4.69, 9.17) is 0 Å². The number of nitrogens with one attached hydrogen (secondary N) is 1. The standard InChI is InChI=1S/C15H17NO/c1-11(2)15(17)16-10-12-7-8-13-5-3-4-6-14(13)9-12/h3-9,11H,10H2,1-2H3,(H,16,17). The van der Waals surface area contributed by atoms with Gasteiger partial charge in [0.25, 0.3) is 0 Å². The highest BCUT2D eigenvalue weighted by Gasteiger charge is 2.05. The molecule has 0 saturated heterocycles. The third kappa shape index (κ3) is 2.84. The summed E-state index contributed by atoms with van der Waals surface area (Å²) in [6.45, 7) is 4.40. The molecule has 0 aliphatic heterocycles. The number of fused-ring (bicyclic) bond motifs is 1. The second-order valence-corrected chi connectivity index (χ2v) is 4.55. The second kappa shape index (κ2) is 5.00. The lowest BCUT2D eigenvalue weighted by Crippen LogP contribution is -2.27. The summed E-state index contributed by atoms with van der Waals surface area (Å²) in [6.07, 6.45) is 0. The van der Waals surface area contributed by atoms with Crippen molar-refractivity contribution in [1.29, 1.82) is 0 Å². The van der Waals surface area contributed by atoms with Crippen molar-refractivity contribution >= 4 is 16.7 Å². The Labute approximate surface area is 102 Å². The van der Waals surface area contributed by atoms with Gasteiger partial charge in [0.2, 0.25) is 5.91 Å². The minimum atomic E-state index is 0.0375. The van der Waals surface area contributed by atoms with Gasteiger partial charge in [-0.1, -0.05) is 50.2 Å². The van der Waals surface area contributed by atoms with Gasteiger partial charge in [-0.05, 0) is 22.4 Å². The van der Waals surface area contributed by atoms with Crippen molar-refractivity contribution in [2.45, 2.75) is 20.4 Å². The molecule has 0 bridgehead atoms. The predicted molar refractivity (Wildman–Crippen MR) is 70.6 cm³/mol. The maximum atomic E-state index is 11.5. The van der Waals surface area contributed by atoms with Crippen LogP contribution in [0.3, 0.4) is 0 Å². The normalized spacial score (nSPS) is 10.8. The van der Waals surface area contributed by atoms with Crippen molar-refractivity contribution in [3.63, 3.8) is 0 Å². The smallest absolute Gasteiger partial charge is 0.222 e. The minimum absolute atomic E-state index is 0.0375. The molecule has 0 fully saturated rings. The van der Waals surface area contributed by atoms with Crippen LogP contribution in [-0.2, 0) is 11.3 Å². The Bertz CT molecular complexity index is 531. The molecule has 0 atom stereocenters. The fraction of sp³-hybridized carbons (Fsp3) is 0.267. The van der Waals surface area contributed by atoms with E-state index < -0.39 is 0 Å². The molecule has 0 aromatic heterocycles. The highest BCUT2D eigenvalue weighted by molar-refractivity contribution is 5.83. The van der Waals surface area contributed by atoms with E-state index in [1.54, 1.807) is 0 Å². The van der Waals surface area contributed by atoms with Gasteiger partial charge in [-0.3, -0.25) is 4.79 Å². The van der Waals surface area contributed by atoms with Gasteiger partial charge < -0.3 is 5.32 Å². The van der Waals surface area contributed by atoms with Crippen LogP contribution in [0.1, 0.15) is 19.4 Å². The van der Waals surface area contributed by atoms with Crippen molar-refractivity contribution in [2.75, 3.05) is 0 Å². The molecule has 0 spiro atoms. The first kappa shape index (κ1) is 11.6. The van der Waals surface area contributed by atoms with Crippen LogP contribution in [0.15, 0.2) is 42.5 Å². The van der Waals surface area contributed by atoms with Crippen molar-refractivity contribution in [3.05, 3.63) is 48.0 Å². The van der Waals surface area contributed by atoms with Gasteiger partial charge in [-0.15, -0.1) is 0 Å². The highest BCUT2D eigenvalue weighted by atomic mass is 16.1. The highest BCUT2D eigenvalue weighted by Crippen LogP contribution is 2.15. The Hall–Kier alpha value is -1.83. The maximum absolute atomic E-state index is 11.5. The Balaban J connectivity index is 2.12. The Morgan fingerprint density at radius 2 is 1.82 bits per heavy atom. The van der Waals surface area contributed by atoms with Crippen LogP contribution < -0.4 is 5.32 Å². The first-order chi connectivity index (χ1) is 8.16. The lowest BCUT2D eigenvalue weighted by Gasteiger charge is -2.08. The van der Waals surface area contributed by atoms with Crippen molar-refractivity contribution in [1.82, 2.24) is 5.32 Å². The summed E-state index contributed by atoms with van der Waals surface area (Å²) in [6, 6.07) is 14.5. The third-order valence-corrected chi connectivity index (χ3v) is 2.80. The van der Waals surface area contributed by atoms with Gasteiger partial charge in [-0.25, -0.2) is 0 Å². The molecule has 1 amide bonds. The van der Waals surface area contributed by atoms with E-state index in [2.05, 4.69) is 35.6 Å². The molecule has 2 aromatic rings. The van der Waals surface area contributed by atoms with Crippen LogP contribution in [-0.4, -0.2) is 5.91 Å².